The zero-order valence-corrected chi connectivity index (χ0v) is 10.6. The van der Waals surface area contributed by atoms with E-state index in [1.54, 1.807) is 38.4 Å². The van der Waals surface area contributed by atoms with Crippen molar-refractivity contribution in [3.8, 4) is 17.0 Å². The third kappa shape index (κ3) is 2.49. The molecule has 0 radical (unpaired) electrons. The first-order valence-corrected chi connectivity index (χ1v) is 5.61. The number of ether oxygens (including phenoxy) is 1. The van der Waals surface area contributed by atoms with Gasteiger partial charge in [-0.3, -0.25) is 4.79 Å². The van der Waals surface area contributed by atoms with Gasteiger partial charge in [0, 0.05) is 18.7 Å². The van der Waals surface area contributed by atoms with Crippen molar-refractivity contribution in [2.45, 2.75) is 0 Å². The number of nitrogens with zero attached hydrogens (tertiary/aromatic N) is 1. The minimum Gasteiger partial charge on any atom is -0.497 e. The monoisotopic (exact) mass is 259 g/mol. The van der Waals surface area contributed by atoms with Crippen LogP contribution >= 0.6 is 0 Å². The minimum atomic E-state index is -1.12. The maximum absolute atomic E-state index is 11.8. The van der Waals surface area contributed by atoms with Crippen LogP contribution in [0.1, 0.15) is 10.4 Å². The van der Waals surface area contributed by atoms with Crippen LogP contribution in [0.5, 0.6) is 5.75 Å². The largest absolute Gasteiger partial charge is 0.497 e. The van der Waals surface area contributed by atoms with Crippen LogP contribution in [0, 0.1) is 0 Å². The van der Waals surface area contributed by atoms with Gasteiger partial charge in [-0.2, -0.15) is 0 Å². The SMILES string of the molecule is COc1cccc(-c2cc(C(=O)O)cc(=O)n2C)c1. The Labute approximate surface area is 109 Å². The van der Waals surface area contributed by atoms with Crippen molar-refractivity contribution in [1.82, 2.24) is 4.57 Å². The number of rotatable bonds is 3. The van der Waals surface area contributed by atoms with E-state index in [9.17, 15) is 9.59 Å². The van der Waals surface area contributed by atoms with Gasteiger partial charge in [-0.05, 0) is 18.2 Å². The molecule has 1 aromatic heterocycles. The van der Waals surface area contributed by atoms with Gasteiger partial charge in [0.2, 0.25) is 0 Å². The average Bonchev–Trinajstić information content (AvgIpc) is 2.41. The first-order chi connectivity index (χ1) is 9.02. The van der Waals surface area contributed by atoms with E-state index in [1.165, 1.54) is 10.6 Å². The molecule has 98 valence electrons. The van der Waals surface area contributed by atoms with E-state index in [0.29, 0.717) is 11.4 Å². The molecule has 0 saturated heterocycles. The quantitative estimate of drug-likeness (QED) is 0.911. The van der Waals surface area contributed by atoms with Crippen molar-refractivity contribution in [3.05, 3.63) is 52.3 Å². The van der Waals surface area contributed by atoms with Gasteiger partial charge < -0.3 is 14.4 Å². The molecule has 0 atom stereocenters. The van der Waals surface area contributed by atoms with Crippen molar-refractivity contribution in [3.63, 3.8) is 0 Å². The van der Waals surface area contributed by atoms with Gasteiger partial charge in [-0.15, -0.1) is 0 Å². The third-order valence-electron chi connectivity index (χ3n) is 2.88. The number of carbonyl (C=O) groups is 1. The summed E-state index contributed by atoms with van der Waals surface area (Å²) in [6.07, 6.45) is 0. The van der Waals surface area contributed by atoms with Gasteiger partial charge in [-0.1, -0.05) is 12.1 Å². The lowest BCUT2D eigenvalue weighted by molar-refractivity contribution is 0.0696. The van der Waals surface area contributed by atoms with Gasteiger partial charge in [0.05, 0.1) is 18.4 Å². The summed E-state index contributed by atoms with van der Waals surface area (Å²) < 4.78 is 6.52. The molecule has 0 saturated carbocycles. The van der Waals surface area contributed by atoms with E-state index >= 15 is 0 Å². The van der Waals surface area contributed by atoms with E-state index in [4.69, 9.17) is 9.84 Å². The molecule has 2 aromatic rings. The highest BCUT2D eigenvalue weighted by Gasteiger charge is 2.11. The molecule has 1 N–H and O–H groups in total. The number of methoxy groups -OCH3 is 1. The van der Waals surface area contributed by atoms with Crippen LogP contribution in [-0.2, 0) is 7.05 Å². The molecule has 0 aliphatic heterocycles. The van der Waals surface area contributed by atoms with E-state index < -0.39 is 5.97 Å². The summed E-state index contributed by atoms with van der Waals surface area (Å²) in [7, 11) is 3.15. The van der Waals surface area contributed by atoms with Gasteiger partial charge in [-0.25, -0.2) is 4.79 Å². The lowest BCUT2D eigenvalue weighted by atomic mass is 10.1. The number of hydrogen-bond acceptors (Lipinski definition) is 3. The van der Waals surface area contributed by atoms with E-state index in [-0.39, 0.29) is 11.1 Å². The van der Waals surface area contributed by atoms with Crippen LogP contribution in [0.15, 0.2) is 41.2 Å². The third-order valence-corrected chi connectivity index (χ3v) is 2.88. The highest BCUT2D eigenvalue weighted by atomic mass is 16.5. The lowest BCUT2D eigenvalue weighted by Gasteiger charge is -2.10. The summed E-state index contributed by atoms with van der Waals surface area (Å²) in [4.78, 5) is 22.8. The molecule has 0 bridgehead atoms. The van der Waals surface area contributed by atoms with Crippen molar-refractivity contribution in [2.75, 3.05) is 7.11 Å². The molecule has 19 heavy (non-hydrogen) atoms. The molecule has 0 fully saturated rings. The van der Waals surface area contributed by atoms with E-state index in [1.807, 2.05) is 0 Å². The standard InChI is InChI=1S/C14H13NO4/c1-15-12(7-10(14(17)18)8-13(15)16)9-4-3-5-11(6-9)19-2/h3-8H,1-2H3,(H,17,18). The Kier molecular flexibility index (Phi) is 3.37. The number of aromatic nitrogens is 1. The number of carboxylic acid groups (broad SMARTS) is 1. The number of benzene rings is 1. The Morgan fingerprint density at radius 2 is 2.00 bits per heavy atom. The summed E-state index contributed by atoms with van der Waals surface area (Å²) in [5.41, 5.74) is 0.865. The normalized spacial score (nSPS) is 10.2. The van der Waals surface area contributed by atoms with Crippen LogP contribution in [0.25, 0.3) is 11.3 Å². The van der Waals surface area contributed by atoms with Gasteiger partial charge in [0.1, 0.15) is 5.75 Å². The minimum absolute atomic E-state index is 0.0269. The highest BCUT2D eigenvalue weighted by molar-refractivity contribution is 5.88. The second-order valence-electron chi connectivity index (χ2n) is 4.06. The van der Waals surface area contributed by atoms with Crippen molar-refractivity contribution >= 4 is 5.97 Å². The number of pyridine rings is 1. The second-order valence-corrected chi connectivity index (χ2v) is 4.06. The number of carboxylic acids is 1. The van der Waals surface area contributed by atoms with Crippen molar-refractivity contribution < 1.29 is 14.6 Å². The fourth-order valence-electron chi connectivity index (χ4n) is 1.82. The molecule has 2 rings (SSSR count). The summed E-state index contributed by atoms with van der Waals surface area (Å²) in [6.45, 7) is 0. The predicted molar refractivity (Wildman–Crippen MR) is 70.6 cm³/mol. The smallest absolute Gasteiger partial charge is 0.335 e. The summed E-state index contributed by atoms with van der Waals surface area (Å²) in [6, 6.07) is 9.68. The molecular formula is C14H13NO4. The molecule has 0 spiro atoms. The Hall–Kier alpha value is -2.56. The Balaban J connectivity index is 2.66. The molecule has 0 amide bonds. The topological polar surface area (TPSA) is 68.5 Å². The highest BCUT2D eigenvalue weighted by Crippen LogP contribution is 2.23. The van der Waals surface area contributed by atoms with Gasteiger partial charge in [0.25, 0.3) is 5.56 Å². The molecule has 5 heteroatoms. The average molecular weight is 259 g/mol. The second kappa shape index (κ2) is 4.97. The van der Waals surface area contributed by atoms with Crippen LogP contribution in [0.4, 0.5) is 0 Å². The summed E-state index contributed by atoms with van der Waals surface area (Å²) >= 11 is 0. The Bertz CT molecular complexity index is 688. The molecule has 0 unspecified atom stereocenters. The Morgan fingerprint density at radius 3 is 2.63 bits per heavy atom. The van der Waals surface area contributed by atoms with Crippen molar-refractivity contribution in [1.29, 1.82) is 0 Å². The maximum Gasteiger partial charge on any atom is 0.335 e. The van der Waals surface area contributed by atoms with Crippen LogP contribution in [-0.4, -0.2) is 22.8 Å². The van der Waals surface area contributed by atoms with E-state index in [2.05, 4.69) is 0 Å². The predicted octanol–water partition coefficient (Wildman–Crippen LogP) is 1.76. The molecule has 0 aliphatic carbocycles. The molecule has 1 aromatic carbocycles. The van der Waals surface area contributed by atoms with E-state index in [0.717, 1.165) is 11.6 Å². The molecule has 1 heterocycles. The van der Waals surface area contributed by atoms with Crippen molar-refractivity contribution in [2.24, 2.45) is 7.05 Å². The van der Waals surface area contributed by atoms with Crippen LogP contribution in [0.2, 0.25) is 0 Å². The number of hydrogen-bond donors (Lipinski definition) is 1. The number of aromatic carboxylic acids is 1. The zero-order chi connectivity index (χ0) is 14.0. The fourth-order valence-corrected chi connectivity index (χ4v) is 1.82. The molecular weight excluding hydrogens is 246 g/mol. The molecule has 0 aliphatic rings. The molecule has 5 nitrogen and oxygen atoms in total. The zero-order valence-electron chi connectivity index (χ0n) is 10.6. The van der Waals surface area contributed by atoms with Crippen LogP contribution in [0.3, 0.4) is 0 Å². The van der Waals surface area contributed by atoms with Crippen LogP contribution < -0.4 is 10.3 Å². The van der Waals surface area contributed by atoms with Gasteiger partial charge in [0.15, 0.2) is 0 Å². The Morgan fingerprint density at radius 1 is 1.26 bits per heavy atom. The summed E-state index contributed by atoms with van der Waals surface area (Å²) in [5, 5.41) is 9.00. The summed E-state index contributed by atoms with van der Waals surface area (Å²) in [5.74, 6) is -0.479. The maximum atomic E-state index is 11.8. The first-order valence-electron chi connectivity index (χ1n) is 5.61. The van der Waals surface area contributed by atoms with Gasteiger partial charge >= 0.3 is 5.97 Å². The fraction of sp³-hybridized carbons (Fsp3) is 0.143. The first kappa shape index (κ1) is 12.9. The lowest BCUT2D eigenvalue weighted by Crippen LogP contribution is -2.19.